The van der Waals surface area contributed by atoms with Crippen molar-refractivity contribution >= 4 is 23.0 Å². The number of rotatable bonds is 6. The lowest BCUT2D eigenvalue weighted by Crippen LogP contribution is -2.30. The second-order valence-electron chi connectivity index (χ2n) is 9.23. The topological polar surface area (TPSA) is 62.5 Å². The number of nitrogens with zero attached hydrogens (tertiary/aromatic N) is 3. The van der Waals surface area contributed by atoms with Gasteiger partial charge in [-0.3, -0.25) is 4.98 Å². The van der Waals surface area contributed by atoms with Crippen LogP contribution >= 0.6 is 12.2 Å². The fourth-order valence-corrected chi connectivity index (χ4v) is 5.18. The molecule has 2 atom stereocenters. The van der Waals surface area contributed by atoms with Gasteiger partial charge in [0, 0.05) is 29.5 Å². The molecule has 5 aromatic rings. The summed E-state index contributed by atoms with van der Waals surface area (Å²) >= 11 is 5.89. The Bertz CT molecular complexity index is 1550. The fourth-order valence-electron chi connectivity index (χ4n) is 4.83. The Hall–Kier alpha value is -4.62. The van der Waals surface area contributed by atoms with Crippen LogP contribution in [0.1, 0.15) is 29.0 Å². The number of phenolic OH excluding ortho intramolecular Hbond substituents is 1. The van der Waals surface area contributed by atoms with Crippen molar-refractivity contribution in [1.29, 1.82) is 0 Å². The molecule has 0 spiro atoms. The highest BCUT2D eigenvalue weighted by Crippen LogP contribution is 2.42. The maximum atomic E-state index is 9.82. The second kappa shape index (κ2) is 10.0. The summed E-state index contributed by atoms with van der Waals surface area (Å²) < 4.78 is 8.17. The molecule has 1 fully saturated rings. The fraction of sp³-hybridized carbons (Fsp3) is 0.0968. The van der Waals surface area contributed by atoms with Crippen molar-refractivity contribution in [3.05, 3.63) is 132 Å². The molecule has 0 aliphatic carbocycles. The van der Waals surface area contributed by atoms with Crippen LogP contribution in [0.25, 0.3) is 5.69 Å². The largest absolute Gasteiger partial charge is 0.508 e. The molecular weight excluding hydrogens is 492 g/mol. The number of aromatic nitrogens is 2. The van der Waals surface area contributed by atoms with Gasteiger partial charge in [-0.05, 0) is 104 Å². The van der Waals surface area contributed by atoms with Crippen LogP contribution in [-0.2, 0) is 0 Å². The molecule has 1 saturated heterocycles. The standard InChI is InChI=1S/C31H26N4O2S/c1-21-7-15-25(16-8-21)37-26-17-11-23(12-18-26)35-30(29(33-31(35)38)27-5-2-3-19-32-27)28-6-4-20-34(28)22-9-13-24(36)14-10-22/h2-20,29-30,36H,1H3,(H,33,38)/t29-,30+/m1/s1. The van der Waals surface area contributed by atoms with E-state index in [1.807, 2.05) is 91.1 Å². The highest BCUT2D eigenvalue weighted by Gasteiger charge is 2.42. The Labute approximate surface area is 226 Å². The molecule has 0 unspecified atom stereocenters. The average Bonchev–Trinajstić information content (AvgIpc) is 3.56. The van der Waals surface area contributed by atoms with Gasteiger partial charge in [-0.2, -0.15) is 0 Å². The lowest BCUT2D eigenvalue weighted by atomic mass is 10.0. The van der Waals surface area contributed by atoms with E-state index in [9.17, 15) is 5.11 Å². The zero-order valence-corrected chi connectivity index (χ0v) is 21.5. The van der Waals surface area contributed by atoms with Crippen LogP contribution < -0.4 is 15.0 Å². The van der Waals surface area contributed by atoms with Gasteiger partial charge in [0.05, 0.1) is 11.7 Å². The van der Waals surface area contributed by atoms with E-state index in [4.69, 9.17) is 17.0 Å². The van der Waals surface area contributed by atoms with Crippen molar-refractivity contribution in [3.63, 3.8) is 0 Å². The minimum atomic E-state index is -0.176. The highest BCUT2D eigenvalue weighted by molar-refractivity contribution is 7.80. The normalized spacial score (nSPS) is 16.9. The molecule has 6 nitrogen and oxygen atoms in total. The summed E-state index contributed by atoms with van der Waals surface area (Å²) in [4.78, 5) is 6.79. The molecule has 3 aromatic carbocycles. The first-order chi connectivity index (χ1) is 18.6. The minimum Gasteiger partial charge on any atom is -0.508 e. The highest BCUT2D eigenvalue weighted by atomic mass is 32.1. The lowest BCUT2D eigenvalue weighted by molar-refractivity contribution is 0.475. The summed E-state index contributed by atoms with van der Waals surface area (Å²) in [5.41, 5.74) is 5.02. The van der Waals surface area contributed by atoms with Crippen molar-refractivity contribution in [2.45, 2.75) is 19.0 Å². The Balaban J connectivity index is 1.38. The van der Waals surface area contributed by atoms with Crippen LogP contribution in [0, 0.1) is 6.92 Å². The lowest BCUT2D eigenvalue weighted by Gasteiger charge is -2.29. The number of anilines is 1. The quantitative estimate of drug-likeness (QED) is 0.240. The zero-order valence-electron chi connectivity index (χ0n) is 20.7. The Morgan fingerprint density at radius 2 is 1.50 bits per heavy atom. The summed E-state index contributed by atoms with van der Waals surface area (Å²) in [6.07, 6.45) is 3.82. The number of aromatic hydroxyl groups is 1. The van der Waals surface area contributed by atoms with Crippen LogP contribution in [0.3, 0.4) is 0 Å². The van der Waals surface area contributed by atoms with Crippen molar-refractivity contribution in [2.24, 2.45) is 0 Å². The van der Waals surface area contributed by atoms with Crippen LogP contribution in [0.5, 0.6) is 17.2 Å². The zero-order chi connectivity index (χ0) is 26.1. The minimum absolute atomic E-state index is 0.169. The van der Waals surface area contributed by atoms with Gasteiger partial charge in [-0.15, -0.1) is 0 Å². The average molecular weight is 519 g/mol. The Kier molecular flexibility index (Phi) is 6.27. The molecule has 0 radical (unpaired) electrons. The van der Waals surface area contributed by atoms with Gasteiger partial charge in [0.1, 0.15) is 23.3 Å². The van der Waals surface area contributed by atoms with Crippen LogP contribution in [0.2, 0.25) is 0 Å². The third-order valence-corrected chi connectivity index (χ3v) is 7.00. The number of aryl methyl sites for hydroxylation is 1. The smallest absolute Gasteiger partial charge is 0.174 e. The van der Waals surface area contributed by atoms with Crippen LogP contribution in [-0.4, -0.2) is 19.8 Å². The van der Waals surface area contributed by atoms with E-state index in [1.54, 1.807) is 18.3 Å². The van der Waals surface area contributed by atoms with Crippen molar-refractivity contribution in [2.75, 3.05) is 4.90 Å². The summed E-state index contributed by atoms with van der Waals surface area (Å²) in [5, 5.41) is 14.0. The van der Waals surface area contributed by atoms with Crippen molar-refractivity contribution in [1.82, 2.24) is 14.9 Å². The number of nitrogens with one attached hydrogen (secondary N) is 1. The molecule has 3 heterocycles. The van der Waals surface area contributed by atoms with Gasteiger partial charge in [-0.1, -0.05) is 23.8 Å². The van der Waals surface area contributed by atoms with Crippen molar-refractivity contribution < 1.29 is 9.84 Å². The Morgan fingerprint density at radius 1 is 0.816 bits per heavy atom. The van der Waals surface area contributed by atoms with Crippen LogP contribution in [0.15, 0.2) is 116 Å². The molecule has 0 saturated carbocycles. The number of thiocarbonyl (C=S) groups is 1. The number of phenols is 1. The molecule has 0 bridgehead atoms. The van der Waals surface area contributed by atoms with Crippen molar-refractivity contribution in [3.8, 4) is 22.9 Å². The number of benzene rings is 3. The predicted molar refractivity (Wildman–Crippen MR) is 153 cm³/mol. The first-order valence-electron chi connectivity index (χ1n) is 12.4. The molecule has 1 aliphatic heterocycles. The van der Waals surface area contributed by atoms with E-state index in [0.717, 1.165) is 34.3 Å². The molecule has 1 aliphatic rings. The van der Waals surface area contributed by atoms with E-state index < -0.39 is 0 Å². The SMILES string of the molecule is Cc1ccc(Oc2ccc(N3C(=S)N[C@H](c4ccccn4)[C@@H]3c3cccn3-c3ccc(O)cc3)cc2)cc1. The summed E-state index contributed by atoms with van der Waals surface area (Å²) in [5.74, 6) is 1.77. The van der Waals surface area contributed by atoms with Crippen LogP contribution in [0.4, 0.5) is 5.69 Å². The number of hydrogen-bond acceptors (Lipinski definition) is 4. The van der Waals surface area contributed by atoms with Gasteiger partial charge in [0.15, 0.2) is 5.11 Å². The third-order valence-electron chi connectivity index (χ3n) is 6.68. The first-order valence-corrected chi connectivity index (χ1v) is 12.8. The molecule has 6 rings (SSSR count). The second-order valence-corrected chi connectivity index (χ2v) is 9.61. The van der Waals surface area contributed by atoms with Gasteiger partial charge >= 0.3 is 0 Å². The van der Waals surface area contributed by atoms with E-state index in [-0.39, 0.29) is 17.8 Å². The number of pyridine rings is 1. The van der Waals surface area contributed by atoms with E-state index in [1.165, 1.54) is 5.56 Å². The van der Waals surface area contributed by atoms with Gasteiger partial charge < -0.3 is 24.6 Å². The molecular formula is C31H26N4O2S. The number of hydrogen-bond donors (Lipinski definition) is 2. The van der Waals surface area contributed by atoms with Gasteiger partial charge in [0.2, 0.25) is 0 Å². The number of ether oxygens (including phenoxy) is 1. The summed E-state index contributed by atoms with van der Waals surface area (Å²) in [7, 11) is 0. The first kappa shape index (κ1) is 23.8. The van der Waals surface area contributed by atoms with Gasteiger partial charge in [-0.25, -0.2) is 0 Å². The van der Waals surface area contributed by atoms with Gasteiger partial charge in [0.25, 0.3) is 0 Å². The molecule has 2 aromatic heterocycles. The molecule has 2 N–H and O–H groups in total. The molecule has 0 amide bonds. The maximum Gasteiger partial charge on any atom is 0.174 e. The Morgan fingerprint density at radius 3 is 2.18 bits per heavy atom. The van der Waals surface area contributed by atoms with E-state index >= 15 is 0 Å². The molecule has 38 heavy (non-hydrogen) atoms. The monoisotopic (exact) mass is 518 g/mol. The molecule has 7 heteroatoms. The summed E-state index contributed by atoms with van der Waals surface area (Å²) in [6, 6.07) is 32.9. The van der Waals surface area contributed by atoms with E-state index in [2.05, 4.69) is 32.8 Å². The summed E-state index contributed by atoms with van der Waals surface area (Å²) in [6.45, 7) is 2.05. The molecule has 188 valence electrons. The maximum absolute atomic E-state index is 9.82. The van der Waals surface area contributed by atoms with E-state index in [0.29, 0.717) is 5.11 Å². The predicted octanol–water partition coefficient (Wildman–Crippen LogP) is 6.86. The third kappa shape index (κ3) is 4.60.